The van der Waals surface area contributed by atoms with E-state index in [9.17, 15) is 9.59 Å². The fourth-order valence-corrected chi connectivity index (χ4v) is 6.80. The molecule has 0 heterocycles. The van der Waals surface area contributed by atoms with Crippen LogP contribution in [0.1, 0.15) is 38.5 Å². The molecule has 0 atom stereocenters. The van der Waals surface area contributed by atoms with Crippen LogP contribution in [-0.4, -0.2) is 29.8 Å². The van der Waals surface area contributed by atoms with Crippen molar-refractivity contribution >= 4 is 46.8 Å². The van der Waals surface area contributed by atoms with Crippen LogP contribution in [0.4, 0.5) is 0 Å². The van der Waals surface area contributed by atoms with E-state index < -0.39 is 5.97 Å². The van der Waals surface area contributed by atoms with Crippen LogP contribution in [-0.2, 0) is 14.3 Å². The fraction of sp³-hybridized carbons (Fsp3) is 0.600. The molecule has 0 aliphatic heterocycles. The molecule has 0 aromatic heterocycles. The second kappa shape index (κ2) is 7.84. The van der Waals surface area contributed by atoms with E-state index in [4.69, 9.17) is 27.9 Å². The summed E-state index contributed by atoms with van der Waals surface area (Å²) in [6.45, 7) is -0.218. The summed E-state index contributed by atoms with van der Waals surface area (Å²) in [6, 6.07) is 5.10. The lowest BCUT2D eigenvalue weighted by Gasteiger charge is -2.56. The minimum Gasteiger partial charge on any atom is -0.455 e. The number of halogens is 2. The molecule has 4 fully saturated rings. The van der Waals surface area contributed by atoms with Gasteiger partial charge >= 0.3 is 5.97 Å². The normalized spacial score (nSPS) is 31.0. The lowest BCUT2D eigenvalue weighted by Crippen LogP contribution is -2.60. The van der Waals surface area contributed by atoms with E-state index in [1.807, 2.05) is 0 Å². The number of carbonyl (C=O) groups is 2. The van der Waals surface area contributed by atoms with Crippen LogP contribution in [0.5, 0.6) is 0 Å². The number of benzene rings is 1. The maximum absolute atomic E-state index is 12.4. The Labute approximate surface area is 173 Å². The van der Waals surface area contributed by atoms with Gasteiger partial charge in [0.2, 0.25) is 0 Å². The van der Waals surface area contributed by atoms with E-state index in [1.165, 1.54) is 31.0 Å². The Hall–Kier alpha value is -0.910. The summed E-state index contributed by atoms with van der Waals surface area (Å²) in [7, 11) is 0. The van der Waals surface area contributed by atoms with Gasteiger partial charge in [-0.05, 0) is 74.5 Å². The maximum Gasteiger partial charge on any atom is 0.316 e. The molecule has 1 N–H and O–H groups in total. The van der Waals surface area contributed by atoms with Gasteiger partial charge in [-0.25, -0.2) is 0 Å². The molecule has 4 aliphatic carbocycles. The first-order valence-electron chi connectivity index (χ1n) is 9.45. The Bertz CT molecular complexity index is 719. The van der Waals surface area contributed by atoms with E-state index >= 15 is 0 Å². The highest BCUT2D eigenvalue weighted by molar-refractivity contribution is 8.00. The second-order valence-electron chi connectivity index (χ2n) is 8.27. The van der Waals surface area contributed by atoms with E-state index in [0.29, 0.717) is 10.0 Å². The average molecular weight is 428 g/mol. The maximum atomic E-state index is 12.4. The van der Waals surface area contributed by atoms with Gasteiger partial charge in [0.25, 0.3) is 5.91 Å². The SMILES string of the molecule is O=C(COC(=O)CSc1cc(Cl)ccc1Cl)NC12CC3CC(CC(C3)C1)C2. The van der Waals surface area contributed by atoms with Gasteiger partial charge in [-0.15, -0.1) is 11.8 Å². The summed E-state index contributed by atoms with van der Waals surface area (Å²) in [4.78, 5) is 25.1. The van der Waals surface area contributed by atoms with Crippen LogP contribution in [0, 0.1) is 17.8 Å². The molecule has 27 heavy (non-hydrogen) atoms. The average Bonchev–Trinajstić information content (AvgIpc) is 2.59. The molecule has 7 heteroatoms. The Balaban J connectivity index is 1.23. The number of hydrogen-bond acceptors (Lipinski definition) is 4. The first kappa shape index (κ1) is 19.4. The zero-order valence-electron chi connectivity index (χ0n) is 15.0. The molecule has 146 valence electrons. The van der Waals surface area contributed by atoms with Crippen molar-refractivity contribution in [3.63, 3.8) is 0 Å². The summed E-state index contributed by atoms with van der Waals surface area (Å²) in [5.74, 6) is 1.76. The first-order valence-corrected chi connectivity index (χ1v) is 11.2. The molecular formula is C20H23Cl2NO3S. The van der Waals surface area contributed by atoms with E-state index in [2.05, 4.69) is 5.32 Å². The van der Waals surface area contributed by atoms with Crippen molar-refractivity contribution in [2.45, 2.75) is 49.0 Å². The van der Waals surface area contributed by atoms with Gasteiger partial charge in [0.15, 0.2) is 6.61 Å². The van der Waals surface area contributed by atoms with Crippen LogP contribution in [0.2, 0.25) is 10.0 Å². The van der Waals surface area contributed by atoms with Crippen LogP contribution >= 0.6 is 35.0 Å². The zero-order valence-corrected chi connectivity index (χ0v) is 17.3. The largest absolute Gasteiger partial charge is 0.455 e. The summed E-state index contributed by atoms with van der Waals surface area (Å²) in [5, 5.41) is 4.31. The van der Waals surface area contributed by atoms with Crippen molar-refractivity contribution in [3.8, 4) is 0 Å². The Morgan fingerprint density at radius 2 is 1.74 bits per heavy atom. The summed E-state index contributed by atoms with van der Waals surface area (Å²) in [5.41, 5.74) is -0.0543. The molecule has 4 saturated carbocycles. The van der Waals surface area contributed by atoms with Crippen LogP contribution in [0.3, 0.4) is 0 Å². The van der Waals surface area contributed by atoms with Gasteiger partial charge in [0, 0.05) is 15.5 Å². The van der Waals surface area contributed by atoms with Crippen molar-refractivity contribution in [1.29, 1.82) is 0 Å². The fourth-order valence-electron chi connectivity index (χ4n) is 5.51. The molecule has 1 aromatic carbocycles. The molecule has 0 radical (unpaired) electrons. The van der Waals surface area contributed by atoms with E-state index in [1.54, 1.807) is 18.2 Å². The summed E-state index contributed by atoms with van der Waals surface area (Å²) >= 11 is 13.3. The van der Waals surface area contributed by atoms with Crippen molar-refractivity contribution in [2.24, 2.45) is 17.8 Å². The Kier molecular flexibility index (Phi) is 5.64. The van der Waals surface area contributed by atoms with Gasteiger partial charge in [-0.1, -0.05) is 23.2 Å². The molecule has 5 rings (SSSR count). The number of thioether (sulfide) groups is 1. The Morgan fingerprint density at radius 3 is 2.37 bits per heavy atom. The van der Waals surface area contributed by atoms with Crippen molar-refractivity contribution in [3.05, 3.63) is 28.2 Å². The third-order valence-electron chi connectivity index (χ3n) is 6.05. The van der Waals surface area contributed by atoms with Gasteiger partial charge < -0.3 is 10.1 Å². The molecule has 0 saturated heterocycles. The highest BCUT2D eigenvalue weighted by Crippen LogP contribution is 2.55. The van der Waals surface area contributed by atoms with Gasteiger partial charge in [-0.3, -0.25) is 9.59 Å². The van der Waals surface area contributed by atoms with E-state index in [-0.39, 0.29) is 23.8 Å². The highest BCUT2D eigenvalue weighted by Gasteiger charge is 2.51. The number of carbonyl (C=O) groups excluding carboxylic acids is 2. The quantitative estimate of drug-likeness (QED) is 0.527. The second-order valence-corrected chi connectivity index (χ2v) is 10.1. The lowest BCUT2D eigenvalue weighted by molar-refractivity contribution is -0.147. The zero-order chi connectivity index (χ0) is 19.0. The molecule has 0 unspecified atom stereocenters. The van der Waals surface area contributed by atoms with Crippen LogP contribution in [0.25, 0.3) is 0 Å². The predicted octanol–water partition coefficient (Wildman–Crippen LogP) is 4.71. The summed E-state index contributed by atoms with van der Waals surface area (Å²) in [6.07, 6.45) is 7.24. The first-order chi connectivity index (χ1) is 12.9. The predicted molar refractivity (Wildman–Crippen MR) is 107 cm³/mol. The number of nitrogens with one attached hydrogen (secondary N) is 1. The third kappa shape index (κ3) is 4.57. The number of amides is 1. The van der Waals surface area contributed by atoms with Crippen LogP contribution in [0.15, 0.2) is 23.1 Å². The van der Waals surface area contributed by atoms with Gasteiger partial charge in [0.05, 0.1) is 10.8 Å². The molecule has 4 aliphatic rings. The van der Waals surface area contributed by atoms with Gasteiger partial charge in [0.1, 0.15) is 0 Å². The van der Waals surface area contributed by atoms with Crippen LogP contribution < -0.4 is 5.32 Å². The number of hydrogen-bond donors (Lipinski definition) is 1. The molecule has 4 nitrogen and oxygen atoms in total. The monoisotopic (exact) mass is 427 g/mol. The van der Waals surface area contributed by atoms with E-state index in [0.717, 1.165) is 41.9 Å². The van der Waals surface area contributed by atoms with Crippen molar-refractivity contribution in [1.82, 2.24) is 5.32 Å². The molecule has 1 amide bonds. The Morgan fingerprint density at radius 1 is 1.11 bits per heavy atom. The number of rotatable bonds is 6. The van der Waals surface area contributed by atoms with Crippen molar-refractivity contribution < 1.29 is 14.3 Å². The van der Waals surface area contributed by atoms with Crippen molar-refractivity contribution in [2.75, 3.05) is 12.4 Å². The molecule has 1 aromatic rings. The molecule has 4 bridgehead atoms. The molecular weight excluding hydrogens is 405 g/mol. The lowest BCUT2D eigenvalue weighted by atomic mass is 9.53. The minimum absolute atomic E-state index is 0.0543. The number of ether oxygens (including phenoxy) is 1. The third-order valence-corrected chi connectivity index (χ3v) is 7.75. The smallest absolute Gasteiger partial charge is 0.316 e. The highest BCUT2D eigenvalue weighted by atomic mass is 35.5. The molecule has 0 spiro atoms. The summed E-state index contributed by atoms with van der Waals surface area (Å²) < 4.78 is 5.16. The minimum atomic E-state index is -0.434. The number of esters is 1. The standard InChI is InChI=1S/C20H23Cl2NO3S/c21-15-1-2-16(22)17(6-15)27-11-19(25)26-10-18(24)23-20-7-12-3-13(8-20)5-14(4-12)9-20/h1-2,6,12-14H,3-5,7-11H2,(H,23,24). The van der Waals surface area contributed by atoms with Gasteiger partial charge in [-0.2, -0.15) is 0 Å². The topological polar surface area (TPSA) is 55.4 Å².